The number of pyridine rings is 1. The zero-order valence-corrected chi connectivity index (χ0v) is 20.5. The first-order valence-corrected chi connectivity index (χ1v) is 12.5. The second-order valence-electron chi connectivity index (χ2n) is 9.51. The highest BCUT2D eigenvalue weighted by molar-refractivity contribution is 6.04. The number of nitrogens with zero attached hydrogens (tertiary/aromatic N) is 4. The van der Waals surface area contributed by atoms with Gasteiger partial charge in [-0.25, -0.2) is 4.98 Å². The van der Waals surface area contributed by atoms with Gasteiger partial charge in [-0.1, -0.05) is 18.2 Å². The first kappa shape index (κ1) is 22.8. The van der Waals surface area contributed by atoms with E-state index in [0.717, 1.165) is 74.3 Å². The van der Waals surface area contributed by atoms with Gasteiger partial charge >= 0.3 is 0 Å². The van der Waals surface area contributed by atoms with Crippen molar-refractivity contribution in [2.24, 2.45) is 7.05 Å². The number of carbonyl (C=O) groups excluding carboxylic acids is 1. The molecule has 0 bridgehead atoms. The molecule has 0 unspecified atom stereocenters. The van der Waals surface area contributed by atoms with Gasteiger partial charge in [-0.3, -0.25) is 14.4 Å². The summed E-state index contributed by atoms with van der Waals surface area (Å²) in [5, 5.41) is 12.9. The molecule has 8 nitrogen and oxygen atoms in total. The standard InChI is InChI=1S/C28H30N6O2/c1-33-26(18-34-8-10-36-11-9-34)25(17-31-33)20-3-5-22-16-30-27(14-23(22)12-20)32-28(35)21-4-2-19-6-7-29-15-24(19)13-21/h2-5,12-14,16-17,29H,6-11,15,18H2,1H3,(H,30,32,35). The summed E-state index contributed by atoms with van der Waals surface area (Å²) in [5.41, 5.74) is 6.55. The van der Waals surface area contributed by atoms with Crippen LogP contribution < -0.4 is 10.6 Å². The molecule has 0 radical (unpaired) electrons. The van der Waals surface area contributed by atoms with Crippen molar-refractivity contribution in [1.82, 2.24) is 25.0 Å². The molecule has 2 aromatic heterocycles. The quantitative estimate of drug-likeness (QED) is 0.454. The molecule has 0 atom stereocenters. The predicted molar refractivity (Wildman–Crippen MR) is 140 cm³/mol. The summed E-state index contributed by atoms with van der Waals surface area (Å²) in [6, 6.07) is 14.2. The van der Waals surface area contributed by atoms with E-state index in [1.807, 2.05) is 42.3 Å². The number of nitrogens with one attached hydrogen (secondary N) is 2. The molecule has 4 heterocycles. The highest BCUT2D eigenvalue weighted by atomic mass is 16.5. The molecular weight excluding hydrogens is 452 g/mol. The summed E-state index contributed by atoms with van der Waals surface area (Å²) < 4.78 is 7.46. The van der Waals surface area contributed by atoms with E-state index >= 15 is 0 Å². The number of amides is 1. The summed E-state index contributed by atoms with van der Waals surface area (Å²) in [7, 11) is 1.99. The van der Waals surface area contributed by atoms with Crippen LogP contribution >= 0.6 is 0 Å². The molecule has 4 aromatic rings. The fourth-order valence-corrected chi connectivity index (χ4v) is 5.05. The minimum absolute atomic E-state index is 0.147. The van der Waals surface area contributed by atoms with Crippen LogP contribution in [0, 0.1) is 0 Å². The normalized spacial score (nSPS) is 16.1. The molecule has 0 saturated carbocycles. The zero-order chi connectivity index (χ0) is 24.5. The molecule has 1 fully saturated rings. The molecule has 0 aliphatic carbocycles. The Morgan fingerprint density at radius 1 is 1.06 bits per heavy atom. The van der Waals surface area contributed by atoms with Crippen molar-refractivity contribution < 1.29 is 9.53 Å². The van der Waals surface area contributed by atoms with Crippen LogP contribution in [-0.2, 0) is 31.3 Å². The molecule has 2 N–H and O–H groups in total. The van der Waals surface area contributed by atoms with Crippen molar-refractivity contribution in [3.8, 4) is 11.1 Å². The van der Waals surface area contributed by atoms with Crippen LogP contribution in [0.3, 0.4) is 0 Å². The fraction of sp³-hybridized carbons (Fsp3) is 0.321. The third-order valence-electron chi connectivity index (χ3n) is 7.17. The van der Waals surface area contributed by atoms with Gasteiger partial charge in [0.2, 0.25) is 0 Å². The largest absolute Gasteiger partial charge is 0.379 e. The van der Waals surface area contributed by atoms with Crippen molar-refractivity contribution >= 4 is 22.5 Å². The number of benzene rings is 2. The molecule has 0 spiro atoms. The SMILES string of the molecule is Cn1ncc(-c2ccc3cnc(NC(=O)c4ccc5c(c4)CNCC5)cc3c2)c1CN1CCOCC1. The van der Waals surface area contributed by atoms with Gasteiger partial charge < -0.3 is 15.4 Å². The van der Waals surface area contributed by atoms with Crippen LogP contribution in [0.15, 0.2) is 54.9 Å². The first-order chi connectivity index (χ1) is 17.6. The van der Waals surface area contributed by atoms with E-state index in [-0.39, 0.29) is 5.91 Å². The Kier molecular flexibility index (Phi) is 6.23. The van der Waals surface area contributed by atoms with Crippen molar-refractivity contribution in [3.63, 3.8) is 0 Å². The zero-order valence-electron chi connectivity index (χ0n) is 20.5. The molecule has 184 valence electrons. The highest BCUT2D eigenvalue weighted by Gasteiger charge is 2.18. The van der Waals surface area contributed by atoms with E-state index in [0.29, 0.717) is 11.4 Å². The smallest absolute Gasteiger partial charge is 0.256 e. The lowest BCUT2D eigenvalue weighted by molar-refractivity contribution is 0.0332. The number of morpholine rings is 1. The summed E-state index contributed by atoms with van der Waals surface area (Å²) in [4.78, 5) is 19.8. The van der Waals surface area contributed by atoms with Gasteiger partial charge in [0, 0.05) is 55.9 Å². The molecule has 8 heteroatoms. The number of aromatic nitrogens is 3. The van der Waals surface area contributed by atoms with E-state index in [1.54, 1.807) is 0 Å². The van der Waals surface area contributed by atoms with Gasteiger partial charge in [0.1, 0.15) is 5.82 Å². The van der Waals surface area contributed by atoms with Gasteiger partial charge in [-0.05, 0) is 59.3 Å². The number of hydrogen-bond acceptors (Lipinski definition) is 6. The van der Waals surface area contributed by atoms with Crippen LogP contribution in [-0.4, -0.2) is 58.4 Å². The third-order valence-corrected chi connectivity index (χ3v) is 7.17. The van der Waals surface area contributed by atoms with Gasteiger partial charge in [0.05, 0.1) is 25.1 Å². The number of anilines is 1. The number of rotatable bonds is 5. The van der Waals surface area contributed by atoms with Crippen LogP contribution in [0.4, 0.5) is 5.82 Å². The Bertz CT molecular complexity index is 1420. The monoisotopic (exact) mass is 482 g/mol. The van der Waals surface area contributed by atoms with E-state index < -0.39 is 0 Å². The average Bonchev–Trinajstić information content (AvgIpc) is 3.28. The van der Waals surface area contributed by atoms with Gasteiger partial charge in [-0.15, -0.1) is 0 Å². The average molecular weight is 483 g/mol. The minimum Gasteiger partial charge on any atom is -0.379 e. The Morgan fingerprint density at radius 3 is 2.83 bits per heavy atom. The number of carbonyl (C=O) groups is 1. The number of fused-ring (bicyclic) bond motifs is 2. The van der Waals surface area contributed by atoms with E-state index in [9.17, 15) is 4.79 Å². The maximum Gasteiger partial charge on any atom is 0.256 e. The molecule has 2 aromatic carbocycles. The molecule has 2 aliphatic rings. The molecular formula is C28H30N6O2. The second kappa shape index (κ2) is 9.81. The third kappa shape index (κ3) is 4.63. The molecule has 6 rings (SSSR count). The van der Waals surface area contributed by atoms with Crippen molar-refractivity contribution in [3.05, 3.63) is 77.2 Å². The van der Waals surface area contributed by atoms with Crippen LogP contribution in [0.2, 0.25) is 0 Å². The lowest BCUT2D eigenvalue weighted by Crippen LogP contribution is -2.36. The van der Waals surface area contributed by atoms with Crippen LogP contribution in [0.5, 0.6) is 0 Å². The van der Waals surface area contributed by atoms with Crippen LogP contribution in [0.25, 0.3) is 21.9 Å². The highest BCUT2D eigenvalue weighted by Crippen LogP contribution is 2.29. The maximum absolute atomic E-state index is 13.0. The van der Waals surface area contributed by atoms with E-state index in [2.05, 4.69) is 49.9 Å². The van der Waals surface area contributed by atoms with Crippen molar-refractivity contribution in [2.75, 3.05) is 38.2 Å². The molecule has 1 amide bonds. The predicted octanol–water partition coefficient (Wildman–Crippen LogP) is 3.37. The van der Waals surface area contributed by atoms with Gasteiger partial charge in [0.15, 0.2) is 0 Å². The number of ether oxygens (including phenoxy) is 1. The Balaban J connectivity index is 1.25. The fourth-order valence-electron chi connectivity index (χ4n) is 5.05. The summed E-state index contributed by atoms with van der Waals surface area (Å²) in [6.45, 7) is 6.02. The Labute approximate surface area is 210 Å². The molecule has 1 saturated heterocycles. The second-order valence-corrected chi connectivity index (χ2v) is 9.51. The number of aryl methyl sites for hydroxylation is 1. The van der Waals surface area contributed by atoms with Crippen LogP contribution in [0.1, 0.15) is 27.2 Å². The molecule has 2 aliphatic heterocycles. The summed E-state index contributed by atoms with van der Waals surface area (Å²) in [6.07, 6.45) is 4.74. The van der Waals surface area contributed by atoms with Crippen molar-refractivity contribution in [2.45, 2.75) is 19.5 Å². The first-order valence-electron chi connectivity index (χ1n) is 12.5. The van der Waals surface area contributed by atoms with E-state index in [4.69, 9.17) is 4.74 Å². The maximum atomic E-state index is 13.0. The molecule has 36 heavy (non-hydrogen) atoms. The number of hydrogen-bond donors (Lipinski definition) is 2. The summed E-state index contributed by atoms with van der Waals surface area (Å²) >= 11 is 0. The summed E-state index contributed by atoms with van der Waals surface area (Å²) in [5.74, 6) is 0.395. The van der Waals surface area contributed by atoms with E-state index in [1.165, 1.54) is 16.8 Å². The van der Waals surface area contributed by atoms with Gasteiger partial charge in [0.25, 0.3) is 5.91 Å². The van der Waals surface area contributed by atoms with Crippen molar-refractivity contribution in [1.29, 1.82) is 0 Å². The lowest BCUT2D eigenvalue weighted by Gasteiger charge is -2.27. The topological polar surface area (TPSA) is 84.3 Å². The Hall–Kier alpha value is -3.59. The van der Waals surface area contributed by atoms with Gasteiger partial charge in [-0.2, -0.15) is 5.10 Å². The Morgan fingerprint density at radius 2 is 1.94 bits per heavy atom. The lowest BCUT2D eigenvalue weighted by atomic mass is 9.98. The minimum atomic E-state index is -0.147.